The molecule has 1 aliphatic rings. The van der Waals surface area contributed by atoms with E-state index in [1.807, 2.05) is 0 Å². The highest BCUT2D eigenvalue weighted by Gasteiger charge is 2.33. The van der Waals surface area contributed by atoms with Crippen LogP contribution in [-0.4, -0.2) is 35.8 Å². The lowest BCUT2D eigenvalue weighted by atomic mass is 9.94. The molecule has 0 aromatic heterocycles. The van der Waals surface area contributed by atoms with E-state index in [9.17, 15) is 14.4 Å². The predicted octanol–water partition coefficient (Wildman–Crippen LogP) is 2.42. The van der Waals surface area contributed by atoms with E-state index < -0.39 is 17.8 Å². The van der Waals surface area contributed by atoms with Crippen molar-refractivity contribution in [3.8, 4) is 0 Å². The maximum Gasteiger partial charge on any atom is 0.337 e. The van der Waals surface area contributed by atoms with Gasteiger partial charge in [-0.15, -0.1) is 0 Å². The zero-order valence-electron chi connectivity index (χ0n) is 14.6. The summed E-state index contributed by atoms with van der Waals surface area (Å²) in [5, 5.41) is 11.4. The van der Waals surface area contributed by atoms with E-state index in [0.29, 0.717) is 28.2 Å². The van der Waals surface area contributed by atoms with Crippen LogP contribution in [0.3, 0.4) is 0 Å². The molecule has 2 amide bonds. The van der Waals surface area contributed by atoms with E-state index >= 15 is 0 Å². The summed E-state index contributed by atoms with van der Waals surface area (Å²) in [5.41, 5.74) is 4.55. The van der Waals surface area contributed by atoms with Gasteiger partial charge in [0, 0.05) is 17.0 Å². The second kappa shape index (κ2) is 7.38. The van der Waals surface area contributed by atoms with Crippen LogP contribution in [0.2, 0.25) is 0 Å². The van der Waals surface area contributed by atoms with Crippen LogP contribution < -0.4 is 10.8 Å². The molecule has 0 radical (unpaired) electrons. The van der Waals surface area contributed by atoms with Crippen LogP contribution in [0, 0.1) is 0 Å². The highest BCUT2D eigenvalue weighted by molar-refractivity contribution is 6.18. The van der Waals surface area contributed by atoms with Crippen LogP contribution in [0.5, 0.6) is 0 Å². The number of methoxy groups -OCH3 is 1. The van der Waals surface area contributed by atoms with Gasteiger partial charge in [-0.3, -0.25) is 19.8 Å². The van der Waals surface area contributed by atoms with Crippen LogP contribution >= 0.6 is 0 Å². The number of nitrogens with one attached hydrogen (secondary N) is 2. The Kier molecular flexibility index (Phi) is 5.00. The summed E-state index contributed by atoms with van der Waals surface area (Å²) in [7, 11) is 1.30. The monoisotopic (exact) mass is 367 g/mol. The smallest absolute Gasteiger partial charge is 0.337 e. The normalized spacial score (nSPS) is 15.7. The minimum absolute atomic E-state index is 0.232. The molecule has 3 rings (SSSR count). The molecule has 0 fully saturated rings. The number of carbonyl (C=O) groups excluding carboxylic acids is 3. The summed E-state index contributed by atoms with van der Waals surface area (Å²) >= 11 is 0. The number of hydrogen-bond acceptors (Lipinski definition) is 6. The van der Waals surface area contributed by atoms with Gasteiger partial charge >= 0.3 is 5.97 Å². The first-order valence-electron chi connectivity index (χ1n) is 8.07. The van der Waals surface area contributed by atoms with E-state index in [1.54, 1.807) is 42.7 Å². The number of carbonyl (C=O) groups is 3. The highest BCUT2D eigenvalue weighted by atomic mass is 16.5. The van der Waals surface area contributed by atoms with E-state index in [1.165, 1.54) is 19.2 Å². The summed E-state index contributed by atoms with van der Waals surface area (Å²) in [6.45, 7) is 1.72. The first kappa shape index (κ1) is 18.3. The Morgan fingerprint density at radius 3 is 2.44 bits per heavy atom. The number of ether oxygens (including phenoxy) is 1. The number of aliphatic imine (C=N–C) groups is 1. The van der Waals surface area contributed by atoms with Crippen molar-refractivity contribution >= 4 is 34.9 Å². The molecule has 1 aliphatic heterocycles. The third kappa shape index (κ3) is 3.56. The molecule has 27 heavy (non-hydrogen) atoms. The van der Waals surface area contributed by atoms with Crippen LogP contribution in [0.25, 0.3) is 0 Å². The van der Waals surface area contributed by atoms with Crippen LogP contribution in [0.15, 0.2) is 47.5 Å². The van der Waals surface area contributed by atoms with Crippen molar-refractivity contribution in [2.24, 2.45) is 4.99 Å². The average molecular weight is 367 g/mol. The van der Waals surface area contributed by atoms with Crippen LogP contribution in [0.1, 0.15) is 39.1 Å². The minimum atomic E-state index is -0.634. The number of nitrogens with zero attached hydrogens (tertiary/aromatic N) is 1. The molecule has 8 nitrogen and oxygen atoms in total. The zero-order chi connectivity index (χ0) is 19.6. The van der Waals surface area contributed by atoms with Crippen molar-refractivity contribution in [2.45, 2.75) is 12.8 Å². The molecule has 0 saturated heterocycles. The lowest BCUT2D eigenvalue weighted by Crippen LogP contribution is -2.19. The van der Waals surface area contributed by atoms with Crippen molar-refractivity contribution < 1.29 is 24.3 Å². The van der Waals surface area contributed by atoms with E-state index in [4.69, 9.17) is 9.94 Å². The number of benzene rings is 2. The van der Waals surface area contributed by atoms with E-state index in [0.717, 1.165) is 0 Å². The van der Waals surface area contributed by atoms with Gasteiger partial charge in [0.2, 0.25) is 5.91 Å². The van der Waals surface area contributed by atoms with Crippen LogP contribution in [0.4, 0.5) is 11.4 Å². The topological polar surface area (TPSA) is 117 Å². The summed E-state index contributed by atoms with van der Waals surface area (Å²) in [5.74, 6) is -1.97. The van der Waals surface area contributed by atoms with Gasteiger partial charge in [0.15, 0.2) is 0 Å². The number of fused-ring (bicyclic) bond motifs is 1. The summed E-state index contributed by atoms with van der Waals surface area (Å²) in [6, 6.07) is 11.1. The lowest BCUT2D eigenvalue weighted by molar-refractivity contribution is -0.115. The van der Waals surface area contributed by atoms with Gasteiger partial charge in [0.25, 0.3) is 5.91 Å². The Morgan fingerprint density at radius 1 is 1.15 bits per heavy atom. The fourth-order valence-electron chi connectivity index (χ4n) is 2.94. The molecular formula is C19H17N3O5. The molecule has 8 heteroatoms. The van der Waals surface area contributed by atoms with Gasteiger partial charge in [-0.2, -0.15) is 0 Å². The fraction of sp³-hybridized carbons (Fsp3) is 0.158. The van der Waals surface area contributed by atoms with Crippen molar-refractivity contribution in [1.29, 1.82) is 0 Å². The number of esters is 1. The quantitative estimate of drug-likeness (QED) is 0.332. The molecule has 0 bridgehead atoms. The van der Waals surface area contributed by atoms with Gasteiger partial charge in [-0.25, -0.2) is 10.3 Å². The maximum absolute atomic E-state index is 12.4. The molecular weight excluding hydrogens is 350 g/mol. The van der Waals surface area contributed by atoms with Crippen molar-refractivity contribution in [3.63, 3.8) is 0 Å². The molecule has 0 saturated carbocycles. The highest BCUT2D eigenvalue weighted by Crippen LogP contribution is 2.35. The first-order chi connectivity index (χ1) is 12.9. The number of hydrogen-bond donors (Lipinski definition) is 3. The first-order valence-corrected chi connectivity index (χ1v) is 8.07. The largest absolute Gasteiger partial charge is 0.465 e. The predicted molar refractivity (Wildman–Crippen MR) is 97.6 cm³/mol. The van der Waals surface area contributed by atoms with Crippen molar-refractivity contribution in [2.75, 3.05) is 12.4 Å². The molecule has 0 aliphatic carbocycles. The standard InChI is InChI=1S/C19H17N3O5/c1-10(20-13-6-3-11(4-7-13)17(23)22-26)16-14-9-12(19(25)27-2)5-8-15(14)21-18(16)24/h3-9,16,26H,1-2H3,(H,21,24)(H,22,23). The number of amides is 2. The van der Waals surface area contributed by atoms with E-state index in [-0.39, 0.29) is 11.5 Å². The van der Waals surface area contributed by atoms with Crippen molar-refractivity contribution in [3.05, 3.63) is 59.2 Å². The lowest BCUT2D eigenvalue weighted by Gasteiger charge is -2.10. The van der Waals surface area contributed by atoms with Gasteiger partial charge < -0.3 is 10.1 Å². The molecule has 2 aromatic rings. The second-order valence-corrected chi connectivity index (χ2v) is 5.96. The van der Waals surface area contributed by atoms with Gasteiger partial charge in [0.05, 0.1) is 18.4 Å². The minimum Gasteiger partial charge on any atom is -0.465 e. The SMILES string of the molecule is COC(=O)c1ccc2c(c1)C(C(C)=Nc1ccc(C(=O)NO)cc1)C(=O)N2. The average Bonchev–Trinajstić information content (AvgIpc) is 3.02. The molecule has 0 spiro atoms. The Balaban J connectivity index is 1.92. The third-order valence-corrected chi connectivity index (χ3v) is 4.26. The molecule has 1 heterocycles. The number of anilines is 1. The molecule has 3 N–H and O–H groups in total. The summed E-state index contributed by atoms with van der Waals surface area (Å²) in [6.07, 6.45) is 0. The maximum atomic E-state index is 12.4. The zero-order valence-corrected chi connectivity index (χ0v) is 14.6. The van der Waals surface area contributed by atoms with Gasteiger partial charge in [-0.05, 0) is 55.0 Å². The summed E-state index contributed by atoms with van der Waals surface area (Å²) in [4.78, 5) is 40.0. The Labute approximate surface area is 154 Å². The Bertz CT molecular complexity index is 950. The molecule has 1 unspecified atom stereocenters. The van der Waals surface area contributed by atoms with Crippen molar-refractivity contribution in [1.82, 2.24) is 5.48 Å². The van der Waals surface area contributed by atoms with Crippen LogP contribution in [-0.2, 0) is 9.53 Å². The molecule has 138 valence electrons. The third-order valence-electron chi connectivity index (χ3n) is 4.26. The number of hydroxylamine groups is 1. The van der Waals surface area contributed by atoms with E-state index in [2.05, 4.69) is 10.3 Å². The Morgan fingerprint density at radius 2 is 1.81 bits per heavy atom. The molecule has 2 aromatic carbocycles. The fourth-order valence-corrected chi connectivity index (χ4v) is 2.94. The second-order valence-electron chi connectivity index (χ2n) is 5.96. The Hall–Kier alpha value is -3.52. The summed E-state index contributed by atoms with van der Waals surface area (Å²) < 4.78 is 4.73. The number of rotatable bonds is 4. The molecule has 1 atom stereocenters. The van der Waals surface area contributed by atoms with Gasteiger partial charge in [-0.1, -0.05) is 0 Å². The van der Waals surface area contributed by atoms with Gasteiger partial charge in [0.1, 0.15) is 5.92 Å².